The van der Waals surface area contributed by atoms with Gasteiger partial charge in [0, 0.05) is 20.3 Å². The SMILES string of the molecule is C=CCO[C@H]1O[C@H](CO)[C@H](O)[C@H](O[C@H]2O[C@H](C)[C@H](O)[C@H](O[C@]3(C(=O)O)C[C@H](O)[C@@H](NC(C)=O)[C@H]([C@H](O)[C@H](O)CO)O3)[C@H]2O)[C@H]1NC(C)=O. The van der Waals surface area contributed by atoms with Gasteiger partial charge in [0.2, 0.25) is 11.8 Å². The van der Waals surface area contributed by atoms with E-state index in [2.05, 4.69) is 17.2 Å². The molecule has 0 saturated carbocycles. The van der Waals surface area contributed by atoms with E-state index < -0.39 is 135 Å². The molecule has 48 heavy (non-hydrogen) atoms. The summed E-state index contributed by atoms with van der Waals surface area (Å²) in [5.41, 5.74) is 0. The predicted octanol–water partition coefficient (Wildman–Crippen LogP) is -5.84. The van der Waals surface area contributed by atoms with Crippen molar-refractivity contribution >= 4 is 17.8 Å². The zero-order valence-corrected chi connectivity index (χ0v) is 26.5. The molecule has 20 heteroatoms. The van der Waals surface area contributed by atoms with Gasteiger partial charge in [-0.1, -0.05) is 6.08 Å². The van der Waals surface area contributed by atoms with E-state index in [9.17, 15) is 60.3 Å². The van der Waals surface area contributed by atoms with Crippen molar-refractivity contribution in [2.24, 2.45) is 0 Å². The van der Waals surface area contributed by atoms with Crippen molar-refractivity contribution < 1.29 is 88.8 Å². The van der Waals surface area contributed by atoms with Crippen LogP contribution in [0.5, 0.6) is 0 Å². The molecule has 3 fully saturated rings. The quantitative estimate of drug-likeness (QED) is 0.0753. The normalized spacial score (nSPS) is 41.5. The second kappa shape index (κ2) is 17.0. The van der Waals surface area contributed by atoms with Gasteiger partial charge in [0.15, 0.2) is 12.6 Å². The molecule has 2 amide bonds. The molecule has 3 aliphatic heterocycles. The van der Waals surface area contributed by atoms with Crippen molar-refractivity contribution in [2.45, 2.75) is 125 Å². The molecule has 3 heterocycles. The predicted molar refractivity (Wildman–Crippen MR) is 154 cm³/mol. The summed E-state index contributed by atoms with van der Waals surface area (Å²) in [6.07, 6.45) is -22.0. The van der Waals surface area contributed by atoms with E-state index in [0.29, 0.717) is 0 Å². The maximum atomic E-state index is 12.7. The van der Waals surface area contributed by atoms with Crippen molar-refractivity contribution in [1.82, 2.24) is 10.6 Å². The van der Waals surface area contributed by atoms with Gasteiger partial charge in [0.1, 0.15) is 61.0 Å². The van der Waals surface area contributed by atoms with Crippen LogP contribution in [0, 0.1) is 0 Å². The first kappa shape index (κ1) is 40.0. The molecule has 3 rings (SSSR count). The molecular weight excluding hydrogens is 652 g/mol. The Hall–Kier alpha value is -2.41. The zero-order chi connectivity index (χ0) is 36.1. The Kier molecular flexibility index (Phi) is 14.2. The van der Waals surface area contributed by atoms with Gasteiger partial charge in [-0.25, -0.2) is 4.79 Å². The number of rotatable bonds is 14. The lowest BCUT2D eigenvalue weighted by molar-refractivity contribution is -0.378. The highest BCUT2D eigenvalue weighted by Crippen LogP contribution is 2.38. The molecule has 11 N–H and O–H groups in total. The highest BCUT2D eigenvalue weighted by Gasteiger charge is 2.60. The Morgan fingerprint density at radius 2 is 1.58 bits per heavy atom. The number of carbonyl (C=O) groups excluding carboxylic acids is 2. The van der Waals surface area contributed by atoms with Crippen molar-refractivity contribution in [3.8, 4) is 0 Å². The van der Waals surface area contributed by atoms with E-state index in [4.69, 9.17) is 28.4 Å². The topological polar surface area (TPSA) is 313 Å². The molecular formula is C28H46N2O18. The average Bonchev–Trinajstić information content (AvgIpc) is 3.02. The summed E-state index contributed by atoms with van der Waals surface area (Å²) < 4.78 is 34.0. The van der Waals surface area contributed by atoms with Gasteiger partial charge in [-0.2, -0.15) is 0 Å². The Morgan fingerprint density at radius 1 is 0.958 bits per heavy atom. The van der Waals surface area contributed by atoms with E-state index in [1.54, 1.807) is 0 Å². The minimum absolute atomic E-state index is 0.0830. The molecule has 0 bridgehead atoms. The molecule has 3 saturated heterocycles. The number of ether oxygens (including phenoxy) is 6. The number of amides is 2. The van der Waals surface area contributed by atoms with Gasteiger partial charge in [-0.05, 0) is 6.92 Å². The highest BCUT2D eigenvalue weighted by molar-refractivity contribution is 5.76. The number of hydrogen-bond acceptors (Lipinski definition) is 17. The largest absolute Gasteiger partial charge is 0.477 e. The first-order valence-corrected chi connectivity index (χ1v) is 15.1. The van der Waals surface area contributed by atoms with Crippen molar-refractivity contribution in [3.05, 3.63) is 12.7 Å². The highest BCUT2D eigenvalue weighted by atomic mass is 16.8. The lowest BCUT2D eigenvalue weighted by Gasteiger charge is -2.50. The number of carboxylic acids is 1. The molecule has 3 aliphatic rings. The van der Waals surface area contributed by atoms with E-state index >= 15 is 0 Å². The average molecular weight is 699 g/mol. The lowest BCUT2D eigenvalue weighted by Crippen LogP contribution is -2.71. The lowest BCUT2D eigenvalue weighted by atomic mass is 9.88. The number of carbonyl (C=O) groups is 3. The van der Waals surface area contributed by atoms with E-state index in [1.807, 2.05) is 0 Å². The van der Waals surface area contributed by atoms with Crippen LogP contribution in [0.25, 0.3) is 0 Å². The number of aliphatic carboxylic acids is 1. The van der Waals surface area contributed by atoms with Gasteiger partial charge >= 0.3 is 5.97 Å². The summed E-state index contributed by atoms with van der Waals surface area (Å²) in [6.45, 7) is 5.23. The van der Waals surface area contributed by atoms with E-state index in [1.165, 1.54) is 13.0 Å². The monoisotopic (exact) mass is 698 g/mol. The Balaban J connectivity index is 1.96. The molecule has 0 aromatic carbocycles. The van der Waals surface area contributed by atoms with Gasteiger partial charge < -0.3 is 85.0 Å². The fourth-order valence-corrected chi connectivity index (χ4v) is 5.80. The van der Waals surface area contributed by atoms with Crippen molar-refractivity contribution in [3.63, 3.8) is 0 Å². The van der Waals surface area contributed by atoms with Crippen LogP contribution in [0.1, 0.15) is 27.2 Å². The summed E-state index contributed by atoms with van der Waals surface area (Å²) in [4.78, 5) is 36.6. The van der Waals surface area contributed by atoms with Crippen LogP contribution in [0.4, 0.5) is 0 Å². The fourth-order valence-electron chi connectivity index (χ4n) is 5.80. The van der Waals surface area contributed by atoms with Gasteiger partial charge in [0.05, 0.1) is 38.1 Å². The van der Waals surface area contributed by atoms with Crippen LogP contribution in [0.2, 0.25) is 0 Å². The van der Waals surface area contributed by atoms with Crippen molar-refractivity contribution in [1.29, 1.82) is 0 Å². The maximum Gasteiger partial charge on any atom is 0.364 e. The molecule has 16 atom stereocenters. The second-order valence-corrected chi connectivity index (χ2v) is 11.8. The molecule has 20 nitrogen and oxygen atoms in total. The minimum atomic E-state index is -2.95. The van der Waals surface area contributed by atoms with E-state index in [0.717, 1.165) is 13.8 Å². The molecule has 0 aromatic rings. The minimum Gasteiger partial charge on any atom is -0.477 e. The molecule has 0 aliphatic carbocycles. The standard InChI is InChI=1S/C28H46N2O18/c1-5-6-43-25-17(30-12(4)34)22(20(39)15(9-32)45-25)46-26-21(40)24(18(37)10(2)44-26)48-28(27(41)42)7-13(35)16(29-11(3)33)23(47-28)19(38)14(36)8-31/h5,10,13-26,31-32,35-40H,1,6-9H2,2-4H3,(H,29,33)(H,30,34)(H,41,42)/t10-,13+,14-,15-,16-,17-,18+,19-,20+,21-,22-,23-,24+,25+,26-,28+/m1/s1. The summed E-state index contributed by atoms with van der Waals surface area (Å²) in [5, 5.41) is 99.4. The van der Waals surface area contributed by atoms with Crippen LogP contribution in [0.3, 0.4) is 0 Å². The molecule has 0 aromatic heterocycles. The first-order chi connectivity index (χ1) is 22.5. The molecule has 276 valence electrons. The summed E-state index contributed by atoms with van der Waals surface area (Å²) in [7, 11) is 0. The summed E-state index contributed by atoms with van der Waals surface area (Å²) in [5.74, 6) is -6.19. The van der Waals surface area contributed by atoms with Crippen molar-refractivity contribution in [2.75, 3.05) is 19.8 Å². The van der Waals surface area contributed by atoms with Crippen LogP contribution in [-0.2, 0) is 42.8 Å². The summed E-state index contributed by atoms with van der Waals surface area (Å²) in [6, 6.07) is -2.78. The number of hydrogen-bond donors (Lipinski definition) is 11. The molecule has 0 spiro atoms. The third kappa shape index (κ3) is 8.84. The summed E-state index contributed by atoms with van der Waals surface area (Å²) >= 11 is 0. The smallest absolute Gasteiger partial charge is 0.364 e. The Bertz CT molecular complexity index is 1120. The van der Waals surface area contributed by atoms with Gasteiger partial charge in [0.25, 0.3) is 5.79 Å². The van der Waals surface area contributed by atoms with Crippen LogP contribution in [0.15, 0.2) is 12.7 Å². The van der Waals surface area contributed by atoms with E-state index in [-0.39, 0.29) is 6.61 Å². The number of aliphatic hydroxyl groups is 8. The Morgan fingerprint density at radius 3 is 2.12 bits per heavy atom. The molecule has 0 radical (unpaired) electrons. The third-order valence-corrected chi connectivity index (χ3v) is 8.19. The Labute approximate surface area is 274 Å². The molecule has 0 unspecified atom stereocenters. The first-order valence-electron chi connectivity index (χ1n) is 15.1. The van der Waals surface area contributed by atoms with Gasteiger partial charge in [-0.15, -0.1) is 6.58 Å². The van der Waals surface area contributed by atoms with Gasteiger partial charge in [-0.3, -0.25) is 9.59 Å². The number of nitrogens with one attached hydrogen (secondary N) is 2. The third-order valence-electron chi connectivity index (χ3n) is 8.19. The van der Waals surface area contributed by atoms with Crippen LogP contribution in [-0.4, -0.2) is 181 Å². The number of carboxylic acid groups (broad SMARTS) is 1. The second-order valence-electron chi connectivity index (χ2n) is 11.8. The maximum absolute atomic E-state index is 12.7. The zero-order valence-electron chi connectivity index (χ0n) is 26.5. The fraction of sp³-hybridized carbons (Fsp3) is 0.821. The number of aliphatic hydroxyl groups excluding tert-OH is 8. The van der Waals surface area contributed by atoms with Crippen LogP contribution >= 0.6 is 0 Å². The van der Waals surface area contributed by atoms with Crippen LogP contribution < -0.4 is 10.6 Å².